The number of anilines is 1. The number of hydrogen-bond donors (Lipinski definition) is 1. The SMILES string of the molecule is COc1cccc(CNc2c(Cl)cccc2C(F)(F)F)c1. The zero-order valence-corrected chi connectivity index (χ0v) is 11.9. The maximum atomic E-state index is 13.0. The van der Waals surface area contributed by atoms with Crippen molar-refractivity contribution in [1.29, 1.82) is 0 Å². The normalized spacial score (nSPS) is 11.3. The molecule has 0 saturated heterocycles. The van der Waals surface area contributed by atoms with E-state index in [0.717, 1.165) is 11.6 Å². The van der Waals surface area contributed by atoms with E-state index in [2.05, 4.69) is 5.32 Å². The predicted octanol–water partition coefficient (Wildman–Crippen LogP) is 4.98. The van der Waals surface area contributed by atoms with Crippen LogP contribution in [-0.4, -0.2) is 7.11 Å². The van der Waals surface area contributed by atoms with Crippen LogP contribution in [0.4, 0.5) is 18.9 Å². The summed E-state index contributed by atoms with van der Waals surface area (Å²) >= 11 is 5.87. The Morgan fingerprint density at radius 1 is 1.14 bits per heavy atom. The predicted molar refractivity (Wildman–Crippen MR) is 76.8 cm³/mol. The standard InChI is InChI=1S/C15H13ClF3NO/c1-21-11-5-2-4-10(8-11)9-20-14-12(15(17,18)19)6-3-7-13(14)16/h2-8,20H,9H2,1H3. The summed E-state index contributed by atoms with van der Waals surface area (Å²) in [6.07, 6.45) is -4.46. The maximum absolute atomic E-state index is 13.0. The Hall–Kier alpha value is -1.88. The Labute approximate surface area is 125 Å². The number of methoxy groups -OCH3 is 1. The number of nitrogens with one attached hydrogen (secondary N) is 1. The summed E-state index contributed by atoms with van der Waals surface area (Å²) in [6, 6.07) is 10.8. The monoisotopic (exact) mass is 315 g/mol. The van der Waals surface area contributed by atoms with E-state index in [1.54, 1.807) is 24.3 Å². The van der Waals surface area contributed by atoms with Crippen LogP contribution >= 0.6 is 11.6 Å². The molecule has 0 aliphatic rings. The smallest absolute Gasteiger partial charge is 0.418 e. The van der Waals surface area contributed by atoms with Crippen LogP contribution in [0.25, 0.3) is 0 Å². The fourth-order valence-corrected chi connectivity index (χ4v) is 2.15. The minimum Gasteiger partial charge on any atom is -0.497 e. The van der Waals surface area contributed by atoms with Crippen LogP contribution in [0.15, 0.2) is 42.5 Å². The van der Waals surface area contributed by atoms with Crippen LogP contribution in [0.2, 0.25) is 5.02 Å². The zero-order valence-electron chi connectivity index (χ0n) is 11.2. The molecule has 112 valence electrons. The fraction of sp³-hybridized carbons (Fsp3) is 0.200. The first-order valence-electron chi connectivity index (χ1n) is 6.14. The quantitative estimate of drug-likeness (QED) is 0.859. The van der Waals surface area contributed by atoms with E-state index in [-0.39, 0.29) is 17.3 Å². The highest BCUT2D eigenvalue weighted by Crippen LogP contribution is 2.38. The Kier molecular flexibility index (Phi) is 4.63. The minimum absolute atomic E-state index is 0.0349. The largest absolute Gasteiger partial charge is 0.497 e. The second-order valence-electron chi connectivity index (χ2n) is 4.37. The summed E-state index contributed by atoms with van der Waals surface area (Å²) in [6.45, 7) is 0.212. The summed E-state index contributed by atoms with van der Waals surface area (Å²) < 4.78 is 43.9. The number of rotatable bonds is 4. The fourth-order valence-electron chi connectivity index (χ4n) is 1.91. The van der Waals surface area contributed by atoms with Gasteiger partial charge in [0.15, 0.2) is 0 Å². The highest BCUT2D eigenvalue weighted by atomic mass is 35.5. The molecule has 0 fully saturated rings. The molecule has 0 saturated carbocycles. The lowest BCUT2D eigenvalue weighted by Gasteiger charge is -2.16. The van der Waals surface area contributed by atoms with Gasteiger partial charge in [0.1, 0.15) is 5.75 Å². The van der Waals surface area contributed by atoms with Gasteiger partial charge in [-0.25, -0.2) is 0 Å². The summed E-state index contributed by atoms with van der Waals surface area (Å²) in [5, 5.41) is 2.78. The van der Waals surface area contributed by atoms with Crippen molar-refractivity contribution in [2.75, 3.05) is 12.4 Å². The number of hydrogen-bond acceptors (Lipinski definition) is 2. The summed E-state index contributed by atoms with van der Waals surface area (Å²) in [5.74, 6) is 0.643. The van der Waals surface area contributed by atoms with Crippen molar-refractivity contribution in [3.05, 3.63) is 58.6 Å². The van der Waals surface area contributed by atoms with E-state index in [9.17, 15) is 13.2 Å². The highest BCUT2D eigenvalue weighted by molar-refractivity contribution is 6.33. The Bertz CT molecular complexity index is 629. The van der Waals surface area contributed by atoms with Crippen molar-refractivity contribution in [2.24, 2.45) is 0 Å². The number of ether oxygens (including phenoxy) is 1. The van der Waals surface area contributed by atoms with Crippen molar-refractivity contribution in [3.63, 3.8) is 0 Å². The van der Waals surface area contributed by atoms with Gasteiger partial charge in [0, 0.05) is 6.54 Å². The van der Waals surface area contributed by atoms with Crippen LogP contribution in [0.3, 0.4) is 0 Å². The molecule has 0 bridgehead atoms. The van der Waals surface area contributed by atoms with E-state index in [1.165, 1.54) is 19.2 Å². The topological polar surface area (TPSA) is 21.3 Å². The average molecular weight is 316 g/mol. The van der Waals surface area contributed by atoms with Gasteiger partial charge < -0.3 is 10.1 Å². The van der Waals surface area contributed by atoms with Crippen LogP contribution < -0.4 is 10.1 Å². The molecule has 0 atom stereocenters. The van der Waals surface area contributed by atoms with E-state index < -0.39 is 11.7 Å². The molecule has 0 aromatic heterocycles. The van der Waals surface area contributed by atoms with Gasteiger partial charge in [-0.3, -0.25) is 0 Å². The summed E-state index contributed by atoms with van der Waals surface area (Å²) in [7, 11) is 1.53. The molecule has 1 N–H and O–H groups in total. The summed E-state index contributed by atoms with van der Waals surface area (Å²) in [5.41, 5.74) is -0.102. The van der Waals surface area contributed by atoms with Crippen LogP contribution in [0.1, 0.15) is 11.1 Å². The zero-order chi connectivity index (χ0) is 15.5. The van der Waals surface area contributed by atoms with Gasteiger partial charge in [0.2, 0.25) is 0 Å². The molecule has 2 rings (SSSR count). The van der Waals surface area contributed by atoms with E-state index in [0.29, 0.717) is 5.75 Å². The van der Waals surface area contributed by atoms with Crippen molar-refractivity contribution < 1.29 is 17.9 Å². The van der Waals surface area contributed by atoms with Gasteiger partial charge in [-0.05, 0) is 29.8 Å². The highest BCUT2D eigenvalue weighted by Gasteiger charge is 2.34. The second-order valence-corrected chi connectivity index (χ2v) is 4.77. The Morgan fingerprint density at radius 2 is 1.86 bits per heavy atom. The second kappa shape index (κ2) is 6.26. The number of halogens is 4. The van der Waals surface area contributed by atoms with Gasteiger partial charge >= 0.3 is 6.18 Å². The number of para-hydroxylation sites is 1. The number of benzene rings is 2. The molecular formula is C15H13ClF3NO. The molecule has 2 nitrogen and oxygen atoms in total. The third kappa shape index (κ3) is 3.82. The lowest BCUT2D eigenvalue weighted by atomic mass is 10.1. The van der Waals surface area contributed by atoms with E-state index in [4.69, 9.17) is 16.3 Å². The van der Waals surface area contributed by atoms with Gasteiger partial charge in [-0.15, -0.1) is 0 Å². The third-order valence-electron chi connectivity index (χ3n) is 2.92. The van der Waals surface area contributed by atoms with E-state index >= 15 is 0 Å². The van der Waals surface area contributed by atoms with Gasteiger partial charge in [-0.2, -0.15) is 13.2 Å². The van der Waals surface area contributed by atoms with Gasteiger partial charge in [0.25, 0.3) is 0 Å². The molecule has 2 aromatic rings. The molecule has 0 amide bonds. The van der Waals surface area contributed by atoms with Crippen LogP contribution in [-0.2, 0) is 12.7 Å². The molecule has 2 aromatic carbocycles. The molecule has 0 aliphatic heterocycles. The van der Waals surface area contributed by atoms with Gasteiger partial charge in [0.05, 0.1) is 23.4 Å². The molecule has 0 spiro atoms. The molecule has 6 heteroatoms. The van der Waals surface area contributed by atoms with Crippen LogP contribution in [0.5, 0.6) is 5.75 Å². The Balaban J connectivity index is 2.23. The third-order valence-corrected chi connectivity index (χ3v) is 3.24. The lowest BCUT2D eigenvalue weighted by Crippen LogP contribution is -2.11. The first kappa shape index (κ1) is 15.5. The molecular weight excluding hydrogens is 303 g/mol. The molecule has 0 heterocycles. The van der Waals surface area contributed by atoms with Crippen LogP contribution in [0, 0.1) is 0 Å². The maximum Gasteiger partial charge on any atom is 0.418 e. The molecule has 0 radical (unpaired) electrons. The number of alkyl halides is 3. The Morgan fingerprint density at radius 3 is 2.52 bits per heavy atom. The first-order valence-corrected chi connectivity index (χ1v) is 6.52. The average Bonchev–Trinajstić information content (AvgIpc) is 2.45. The lowest BCUT2D eigenvalue weighted by molar-refractivity contribution is -0.136. The summed E-state index contributed by atoms with van der Waals surface area (Å²) in [4.78, 5) is 0. The van der Waals surface area contributed by atoms with Crippen molar-refractivity contribution in [2.45, 2.75) is 12.7 Å². The molecule has 0 unspecified atom stereocenters. The molecule has 21 heavy (non-hydrogen) atoms. The van der Waals surface area contributed by atoms with Crippen molar-refractivity contribution in [3.8, 4) is 5.75 Å². The van der Waals surface area contributed by atoms with Gasteiger partial charge in [-0.1, -0.05) is 29.8 Å². The van der Waals surface area contributed by atoms with Crippen molar-refractivity contribution >= 4 is 17.3 Å². The minimum atomic E-state index is -4.46. The molecule has 0 aliphatic carbocycles. The first-order chi connectivity index (χ1) is 9.91. The van der Waals surface area contributed by atoms with Crippen molar-refractivity contribution in [1.82, 2.24) is 0 Å². The van der Waals surface area contributed by atoms with E-state index in [1.807, 2.05) is 0 Å².